The van der Waals surface area contributed by atoms with Gasteiger partial charge in [0.1, 0.15) is 5.39 Å². The van der Waals surface area contributed by atoms with Crippen LogP contribution in [0, 0.1) is 0 Å². The van der Waals surface area contributed by atoms with E-state index in [2.05, 4.69) is 10.3 Å². The molecule has 3 rings (SSSR count). The van der Waals surface area contributed by atoms with Gasteiger partial charge in [-0.2, -0.15) is 0 Å². The molecule has 7 heteroatoms. The molecule has 26 heavy (non-hydrogen) atoms. The zero-order valence-corrected chi connectivity index (χ0v) is 14.7. The second-order valence-electron chi connectivity index (χ2n) is 6.15. The first kappa shape index (κ1) is 17.6. The van der Waals surface area contributed by atoms with Gasteiger partial charge in [-0.05, 0) is 24.5 Å². The van der Waals surface area contributed by atoms with E-state index in [0.717, 1.165) is 11.0 Å². The van der Waals surface area contributed by atoms with Crippen molar-refractivity contribution in [3.05, 3.63) is 69.0 Å². The van der Waals surface area contributed by atoms with Crippen LogP contribution in [0.4, 0.5) is 5.69 Å². The molecule has 0 atom stereocenters. The Kier molecular flexibility index (Phi) is 4.97. The number of nitrogens with zero attached hydrogens (tertiary/aromatic N) is 3. The van der Waals surface area contributed by atoms with Gasteiger partial charge in [-0.1, -0.05) is 30.3 Å². The van der Waals surface area contributed by atoms with Gasteiger partial charge < -0.3 is 5.32 Å². The van der Waals surface area contributed by atoms with E-state index in [4.69, 9.17) is 0 Å². The number of nitrogens with one attached hydrogen (secondary N) is 1. The van der Waals surface area contributed by atoms with Crippen molar-refractivity contribution in [1.82, 2.24) is 14.1 Å². The summed E-state index contributed by atoms with van der Waals surface area (Å²) in [6.45, 7) is 0. The molecule has 0 unspecified atom stereocenters. The highest BCUT2D eigenvalue weighted by Crippen LogP contribution is 2.17. The zero-order chi connectivity index (χ0) is 18.7. The van der Waals surface area contributed by atoms with Gasteiger partial charge in [-0.25, -0.2) is 9.78 Å². The molecule has 2 heterocycles. The maximum atomic E-state index is 12.5. The molecule has 7 nitrogen and oxygen atoms in total. The van der Waals surface area contributed by atoms with Crippen LogP contribution in [-0.2, 0) is 25.3 Å². The molecule has 3 aromatic rings. The normalized spacial score (nSPS) is 10.8. The molecule has 0 saturated carbocycles. The number of fused-ring (bicyclic) bond motifs is 1. The molecular formula is C19H20N4O3. The highest BCUT2D eigenvalue weighted by molar-refractivity contribution is 5.99. The van der Waals surface area contributed by atoms with Crippen molar-refractivity contribution in [3.63, 3.8) is 0 Å². The molecule has 0 aliphatic carbocycles. The van der Waals surface area contributed by atoms with Gasteiger partial charge in [-0.15, -0.1) is 0 Å². The highest BCUT2D eigenvalue weighted by Gasteiger charge is 2.14. The van der Waals surface area contributed by atoms with E-state index in [0.29, 0.717) is 18.5 Å². The average Bonchev–Trinajstić information content (AvgIpc) is 2.65. The Bertz CT molecular complexity index is 1070. The number of rotatable bonds is 5. The van der Waals surface area contributed by atoms with Gasteiger partial charge in [0.25, 0.3) is 5.56 Å². The predicted octanol–water partition coefficient (Wildman–Crippen LogP) is 1.59. The van der Waals surface area contributed by atoms with E-state index in [1.807, 2.05) is 30.3 Å². The number of benzene rings is 1. The summed E-state index contributed by atoms with van der Waals surface area (Å²) in [5.74, 6) is -0.177. The summed E-state index contributed by atoms with van der Waals surface area (Å²) < 4.78 is 2.30. The first-order chi connectivity index (χ1) is 12.5. The standard InChI is InChI=1S/C19H20N4O3/c1-22-17-16(18(25)23(2)19(22)26)14(11-12-20-17)21-15(24)10-6-9-13-7-4-3-5-8-13/h3-5,7-8,11-12H,6,9-10H2,1-2H3,(H,20,21,24). The summed E-state index contributed by atoms with van der Waals surface area (Å²) in [4.78, 5) is 40.9. The third-order valence-electron chi connectivity index (χ3n) is 4.33. The van der Waals surface area contributed by atoms with E-state index >= 15 is 0 Å². The monoisotopic (exact) mass is 352 g/mol. The van der Waals surface area contributed by atoms with Gasteiger partial charge in [0, 0.05) is 26.7 Å². The second-order valence-corrected chi connectivity index (χ2v) is 6.15. The summed E-state index contributed by atoms with van der Waals surface area (Å²) in [6.07, 6.45) is 3.32. The molecule has 1 aromatic carbocycles. The molecule has 134 valence electrons. The Labute approximate surface area is 149 Å². The lowest BCUT2D eigenvalue weighted by atomic mass is 10.1. The lowest BCUT2D eigenvalue weighted by Gasteiger charge is -2.11. The van der Waals surface area contributed by atoms with Crippen LogP contribution in [0.2, 0.25) is 0 Å². The van der Waals surface area contributed by atoms with E-state index in [9.17, 15) is 14.4 Å². The van der Waals surface area contributed by atoms with E-state index in [1.165, 1.54) is 23.4 Å². The minimum Gasteiger partial charge on any atom is -0.325 e. The molecule has 0 saturated heterocycles. The maximum Gasteiger partial charge on any atom is 0.332 e. The quantitative estimate of drug-likeness (QED) is 0.756. The second kappa shape index (κ2) is 7.35. The van der Waals surface area contributed by atoms with E-state index in [1.54, 1.807) is 13.1 Å². The average molecular weight is 352 g/mol. The van der Waals surface area contributed by atoms with Crippen molar-refractivity contribution >= 4 is 22.6 Å². The molecule has 0 bridgehead atoms. The number of carbonyl (C=O) groups excluding carboxylic acids is 1. The first-order valence-electron chi connectivity index (χ1n) is 8.37. The van der Waals surface area contributed by atoms with Crippen LogP contribution in [0.3, 0.4) is 0 Å². The molecule has 0 aliphatic heterocycles. The third-order valence-corrected chi connectivity index (χ3v) is 4.33. The lowest BCUT2D eigenvalue weighted by Crippen LogP contribution is -2.37. The minimum atomic E-state index is -0.476. The van der Waals surface area contributed by atoms with Crippen LogP contribution < -0.4 is 16.6 Å². The highest BCUT2D eigenvalue weighted by atomic mass is 16.2. The largest absolute Gasteiger partial charge is 0.332 e. The van der Waals surface area contributed by atoms with Crippen LogP contribution in [-0.4, -0.2) is 20.0 Å². The molecule has 2 aromatic heterocycles. The fourth-order valence-electron chi connectivity index (χ4n) is 2.90. The Balaban J connectivity index is 1.79. The Hall–Kier alpha value is -3.22. The fraction of sp³-hybridized carbons (Fsp3) is 0.263. The maximum absolute atomic E-state index is 12.5. The van der Waals surface area contributed by atoms with Crippen molar-refractivity contribution in [2.45, 2.75) is 19.3 Å². The molecule has 0 radical (unpaired) electrons. The van der Waals surface area contributed by atoms with Crippen molar-refractivity contribution in [1.29, 1.82) is 0 Å². The molecule has 1 N–H and O–H groups in total. The summed E-state index contributed by atoms with van der Waals surface area (Å²) in [6, 6.07) is 11.5. The smallest absolute Gasteiger partial charge is 0.325 e. The molecule has 0 spiro atoms. The zero-order valence-electron chi connectivity index (χ0n) is 14.7. The molecule has 0 fully saturated rings. The fourth-order valence-corrected chi connectivity index (χ4v) is 2.90. The SMILES string of the molecule is Cn1c(=O)c2c(NC(=O)CCCc3ccccc3)ccnc2n(C)c1=O. The number of hydrogen-bond donors (Lipinski definition) is 1. The Morgan fingerprint density at radius 2 is 1.81 bits per heavy atom. The van der Waals surface area contributed by atoms with Crippen molar-refractivity contribution in [2.24, 2.45) is 14.1 Å². The first-order valence-corrected chi connectivity index (χ1v) is 8.37. The van der Waals surface area contributed by atoms with Crippen molar-refractivity contribution in [2.75, 3.05) is 5.32 Å². The number of pyridine rings is 1. The number of aryl methyl sites for hydroxylation is 2. The summed E-state index contributed by atoms with van der Waals surface area (Å²) >= 11 is 0. The number of anilines is 1. The Morgan fingerprint density at radius 3 is 2.54 bits per heavy atom. The van der Waals surface area contributed by atoms with Gasteiger partial charge in [0.05, 0.1) is 5.69 Å². The van der Waals surface area contributed by atoms with Crippen molar-refractivity contribution in [3.8, 4) is 0 Å². The number of aromatic nitrogens is 3. The van der Waals surface area contributed by atoms with Crippen LogP contribution in [0.5, 0.6) is 0 Å². The van der Waals surface area contributed by atoms with Gasteiger partial charge >= 0.3 is 5.69 Å². The number of amides is 1. The summed E-state index contributed by atoms with van der Waals surface area (Å²) in [5.41, 5.74) is 0.867. The van der Waals surface area contributed by atoms with E-state index in [-0.39, 0.29) is 16.9 Å². The Morgan fingerprint density at radius 1 is 1.08 bits per heavy atom. The number of hydrogen-bond acceptors (Lipinski definition) is 4. The molecule has 0 aliphatic rings. The van der Waals surface area contributed by atoms with E-state index < -0.39 is 11.2 Å². The lowest BCUT2D eigenvalue weighted by molar-refractivity contribution is -0.116. The third kappa shape index (κ3) is 3.42. The van der Waals surface area contributed by atoms with Crippen LogP contribution in [0.15, 0.2) is 52.2 Å². The molecule has 1 amide bonds. The topological polar surface area (TPSA) is 86.0 Å². The van der Waals surface area contributed by atoms with Crippen LogP contribution in [0.1, 0.15) is 18.4 Å². The van der Waals surface area contributed by atoms with Crippen molar-refractivity contribution < 1.29 is 4.79 Å². The van der Waals surface area contributed by atoms with Crippen LogP contribution >= 0.6 is 0 Å². The summed E-state index contributed by atoms with van der Waals surface area (Å²) in [5, 5.41) is 3.01. The predicted molar refractivity (Wildman–Crippen MR) is 100 cm³/mol. The summed E-state index contributed by atoms with van der Waals surface area (Å²) in [7, 11) is 2.95. The molecular weight excluding hydrogens is 332 g/mol. The van der Waals surface area contributed by atoms with Gasteiger partial charge in [0.15, 0.2) is 5.65 Å². The minimum absolute atomic E-state index is 0.177. The van der Waals surface area contributed by atoms with Crippen LogP contribution in [0.25, 0.3) is 11.0 Å². The number of carbonyl (C=O) groups is 1. The van der Waals surface area contributed by atoms with Gasteiger partial charge in [0.2, 0.25) is 5.91 Å². The van der Waals surface area contributed by atoms with Gasteiger partial charge in [-0.3, -0.25) is 18.7 Å².